The molecule has 0 saturated heterocycles. The predicted octanol–water partition coefficient (Wildman–Crippen LogP) is 6.64. The third-order valence-electron chi connectivity index (χ3n) is 5.51. The van der Waals surface area contributed by atoms with E-state index in [0.29, 0.717) is 44.0 Å². The lowest BCUT2D eigenvalue weighted by molar-refractivity contribution is 0.0976. The summed E-state index contributed by atoms with van der Waals surface area (Å²) in [6.07, 6.45) is 5.16. The van der Waals surface area contributed by atoms with Gasteiger partial charge in [-0.15, -0.1) is 0 Å². The molecule has 0 unspecified atom stereocenters. The van der Waals surface area contributed by atoms with Gasteiger partial charge < -0.3 is 9.88 Å². The van der Waals surface area contributed by atoms with E-state index < -0.39 is 11.4 Å². The molecule has 11 heteroatoms. The molecule has 0 aliphatic carbocycles. The Balaban J connectivity index is 0.00000400. The van der Waals surface area contributed by atoms with E-state index in [2.05, 4.69) is 15.6 Å². The molecule has 4 rings (SSSR count). The maximum Gasteiger partial charge on any atom is 0.258 e. The van der Waals surface area contributed by atoms with E-state index in [-0.39, 0.29) is 19.5 Å². The number of nitrogens with zero attached hydrogens (tertiary/aromatic N) is 4. The van der Waals surface area contributed by atoms with Gasteiger partial charge >= 0.3 is 0 Å². The van der Waals surface area contributed by atoms with Crippen LogP contribution in [-0.2, 0) is 12.1 Å². The molecule has 194 valence electrons. The van der Waals surface area contributed by atoms with Crippen LogP contribution < -0.4 is 10.6 Å². The zero-order valence-electron chi connectivity index (χ0n) is 20.1. The van der Waals surface area contributed by atoms with Gasteiger partial charge in [-0.1, -0.05) is 46.9 Å². The summed E-state index contributed by atoms with van der Waals surface area (Å²) >= 11 is 18.8. The first-order valence-electron chi connectivity index (χ1n) is 11.1. The molecule has 4 aromatic rings. The zero-order chi connectivity index (χ0) is 26.4. The van der Waals surface area contributed by atoms with Crippen LogP contribution in [-0.4, -0.2) is 21.4 Å². The molecule has 0 fully saturated rings. The highest BCUT2D eigenvalue weighted by Gasteiger charge is 2.30. The predicted molar refractivity (Wildman–Crippen MR) is 158 cm³/mol. The monoisotopic (exact) mass is 584 g/mol. The number of aliphatic imine (C=N–C) groups is 1. The van der Waals surface area contributed by atoms with E-state index in [1.165, 1.54) is 6.07 Å². The Kier molecular flexibility index (Phi) is 9.84. The fourth-order valence-electron chi connectivity index (χ4n) is 3.76. The van der Waals surface area contributed by atoms with Crippen LogP contribution in [0.2, 0.25) is 15.1 Å². The first-order chi connectivity index (χ1) is 17.8. The molecule has 1 aromatic heterocycles. The van der Waals surface area contributed by atoms with Crippen LogP contribution in [0, 0.1) is 11.3 Å². The maximum atomic E-state index is 13.2. The number of hydrogen-bond acceptors (Lipinski definition) is 4. The Bertz CT molecular complexity index is 1490. The molecular formula is C27H23Cl3N6OS. The number of benzene rings is 3. The van der Waals surface area contributed by atoms with Gasteiger partial charge in [0, 0.05) is 38.7 Å². The molecule has 3 aromatic carbocycles. The van der Waals surface area contributed by atoms with E-state index in [1.54, 1.807) is 67.1 Å². The second-order valence-corrected chi connectivity index (χ2v) is 9.65. The van der Waals surface area contributed by atoms with Gasteiger partial charge in [0.1, 0.15) is 5.54 Å². The number of nitriles is 1. The van der Waals surface area contributed by atoms with E-state index in [1.807, 2.05) is 29.8 Å². The highest BCUT2D eigenvalue weighted by Crippen LogP contribution is 2.35. The van der Waals surface area contributed by atoms with Crippen LogP contribution in [0.1, 0.15) is 28.4 Å². The van der Waals surface area contributed by atoms with Crippen molar-refractivity contribution in [2.75, 3.05) is 5.32 Å². The van der Waals surface area contributed by atoms with E-state index in [0.717, 1.165) is 0 Å². The second-order valence-electron chi connectivity index (χ2n) is 8.37. The summed E-state index contributed by atoms with van der Waals surface area (Å²) in [6, 6.07) is 20.6. The van der Waals surface area contributed by atoms with E-state index >= 15 is 0 Å². The standard InChI is InChI=1S/C27H21Cl3N6O.H2S/c1-27(16-36-12-11-32-17-36,23-10-7-21(29)14-24(23)30)35-26(33-22-8-5-20(28)6-9-22)34-25(37)19-4-2-3-18(13-19)15-31;/h2-14,17H,16H2,1H3,(H2,33,34,35,37);1H2/t27-;/m1./s1. The lowest BCUT2D eigenvalue weighted by Gasteiger charge is -2.29. The fourth-order valence-corrected chi connectivity index (χ4v) is 4.49. The lowest BCUT2D eigenvalue weighted by Crippen LogP contribution is -2.39. The van der Waals surface area contributed by atoms with Crippen molar-refractivity contribution in [3.8, 4) is 6.07 Å². The number of halogens is 3. The van der Waals surface area contributed by atoms with E-state index in [9.17, 15) is 10.1 Å². The average Bonchev–Trinajstić information content (AvgIpc) is 3.38. The number of guanidine groups is 1. The minimum Gasteiger partial charge on any atom is -0.335 e. The number of hydrogen-bond donors (Lipinski definition) is 2. The Morgan fingerprint density at radius 2 is 1.82 bits per heavy atom. The summed E-state index contributed by atoms with van der Waals surface area (Å²) in [7, 11) is 0. The first kappa shape index (κ1) is 29.1. The van der Waals surface area contributed by atoms with Crippen molar-refractivity contribution in [2.45, 2.75) is 19.0 Å². The van der Waals surface area contributed by atoms with Crippen molar-refractivity contribution >= 4 is 65.9 Å². The van der Waals surface area contributed by atoms with Gasteiger partial charge in [0.25, 0.3) is 5.91 Å². The third kappa shape index (κ3) is 7.30. The van der Waals surface area contributed by atoms with E-state index in [4.69, 9.17) is 39.8 Å². The highest BCUT2D eigenvalue weighted by atomic mass is 35.5. The van der Waals surface area contributed by atoms with Crippen molar-refractivity contribution in [3.63, 3.8) is 0 Å². The summed E-state index contributed by atoms with van der Waals surface area (Å²) in [5.41, 5.74) is 1.07. The smallest absolute Gasteiger partial charge is 0.258 e. The van der Waals surface area contributed by atoms with Gasteiger partial charge in [0.15, 0.2) is 0 Å². The third-order valence-corrected chi connectivity index (χ3v) is 6.31. The summed E-state index contributed by atoms with van der Waals surface area (Å²) < 4.78 is 1.87. The van der Waals surface area contributed by atoms with Crippen molar-refractivity contribution in [1.82, 2.24) is 14.9 Å². The largest absolute Gasteiger partial charge is 0.335 e. The van der Waals surface area contributed by atoms with Crippen molar-refractivity contribution < 1.29 is 4.79 Å². The summed E-state index contributed by atoms with van der Waals surface area (Å²) in [5.74, 6) is -0.271. The highest BCUT2D eigenvalue weighted by molar-refractivity contribution is 7.59. The molecule has 1 heterocycles. The van der Waals surface area contributed by atoms with Gasteiger partial charge in [-0.2, -0.15) is 18.8 Å². The number of aromatic nitrogens is 2. The molecule has 1 amide bonds. The molecule has 0 aliphatic rings. The average molecular weight is 586 g/mol. The van der Waals surface area contributed by atoms with Crippen LogP contribution in [0.5, 0.6) is 0 Å². The summed E-state index contributed by atoms with van der Waals surface area (Å²) in [6.45, 7) is 2.26. The minimum atomic E-state index is -0.959. The molecule has 38 heavy (non-hydrogen) atoms. The molecule has 0 spiro atoms. The molecular weight excluding hydrogens is 563 g/mol. The van der Waals surface area contributed by atoms with Crippen molar-refractivity contribution in [3.05, 3.63) is 117 Å². The Hall–Kier alpha value is -3.48. The quantitative estimate of drug-likeness (QED) is 0.196. The molecule has 0 aliphatic heterocycles. The van der Waals surface area contributed by atoms with Gasteiger partial charge in [-0.05, 0) is 67.1 Å². The Morgan fingerprint density at radius 1 is 1.08 bits per heavy atom. The van der Waals surface area contributed by atoms with Crippen molar-refractivity contribution in [1.29, 1.82) is 5.26 Å². The van der Waals surface area contributed by atoms with Gasteiger partial charge in [0.05, 0.1) is 24.5 Å². The van der Waals surface area contributed by atoms with Crippen LogP contribution >= 0.6 is 48.3 Å². The molecule has 7 nitrogen and oxygen atoms in total. The molecule has 0 radical (unpaired) electrons. The Morgan fingerprint density at radius 3 is 2.47 bits per heavy atom. The number of imidazole rings is 1. The van der Waals surface area contributed by atoms with Gasteiger partial charge in [-0.25, -0.2) is 9.98 Å². The zero-order valence-corrected chi connectivity index (χ0v) is 23.4. The van der Waals surface area contributed by atoms with Crippen LogP contribution in [0.3, 0.4) is 0 Å². The number of amides is 1. The SMILES string of the molecule is C[C@](Cn1ccnc1)(N=C(NC(=O)c1cccc(C#N)c1)Nc1ccc(Cl)cc1)c1ccc(Cl)cc1Cl.S. The van der Waals surface area contributed by atoms with Crippen LogP contribution in [0.15, 0.2) is 90.4 Å². The van der Waals surface area contributed by atoms with Gasteiger partial charge in [0.2, 0.25) is 5.96 Å². The lowest BCUT2D eigenvalue weighted by atomic mass is 9.92. The minimum absolute atomic E-state index is 0. The number of carbonyl (C=O) groups is 1. The summed E-state index contributed by atoms with van der Waals surface area (Å²) in [4.78, 5) is 22.3. The number of carbonyl (C=O) groups excluding carboxylic acids is 1. The second kappa shape index (κ2) is 12.9. The normalized spacial score (nSPS) is 12.6. The molecule has 1 atom stereocenters. The van der Waals surface area contributed by atoms with Gasteiger partial charge in [-0.3, -0.25) is 10.1 Å². The number of nitrogens with one attached hydrogen (secondary N) is 2. The van der Waals surface area contributed by atoms with Crippen LogP contribution in [0.4, 0.5) is 5.69 Å². The summed E-state index contributed by atoms with van der Waals surface area (Å²) in [5, 5.41) is 16.7. The fraction of sp³-hybridized carbons (Fsp3) is 0.111. The Labute approximate surface area is 242 Å². The molecule has 2 N–H and O–H groups in total. The van der Waals surface area contributed by atoms with Crippen LogP contribution in [0.25, 0.3) is 0 Å². The maximum absolute atomic E-state index is 13.2. The van der Waals surface area contributed by atoms with Crippen molar-refractivity contribution in [2.24, 2.45) is 4.99 Å². The molecule has 0 saturated carbocycles. The number of rotatable bonds is 6. The topological polar surface area (TPSA) is 95.1 Å². The molecule has 0 bridgehead atoms. The number of anilines is 1. The first-order valence-corrected chi connectivity index (χ1v) is 12.2.